The van der Waals surface area contributed by atoms with Crippen LogP contribution in [-0.2, 0) is 27.9 Å². The molecule has 0 saturated heterocycles. The first-order chi connectivity index (χ1) is 16.2. The SMILES string of the molecule is CC(C)(C)[Si](C)(C)O[C@H](C[C@@H]1OC(O)C=CC1=O)[C@@H](C[C@@H]1OC(O)C=CC1=O)O[Si](C)(C)C(C)(C)C. The Kier molecular flexibility index (Phi) is 9.89. The van der Waals surface area contributed by atoms with Crippen LogP contribution >= 0.6 is 0 Å². The molecule has 0 fully saturated rings. The van der Waals surface area contributed by atoms with Crippen molar-refractivity contribution in [2.45, 2.75) is 128 Å². The van der Waals surface area contributed by atoms with E-state index in [1.807, 2.05) is 0 Å². The first-order valence-corrected chi connectivity index (χ1v) is 18.5. The van der Waals surface area contributed by atoms with Gasteiger partial charge in [0.2, 0.25) is 0 Å². The molecule has 2 aliphatic heterocycles. The van der Waals surface area contributed by atoms with Crippen LogP contribution in [0.5, 0.6) is 0 Å². The molecule has 2 unspecified atom stereocenters. The Balaban J connectivity index is 2.50. The molecule has 2 heterocycles. The zero-order valence-electron chi connectivity index (χ0n) is 23.5. The molecule has 206 valence electrons. The molecule has 0 radical (unpaired) electrons. The van der Waals surface area contributed by atoms with Gasteiger partial charge in [0.1, 0.15) is 12.2 Å². The highest BCUT2D eigenvalue weighted by Gasteiger charge is 2.47. The Labute approximate surface area is 218 Å². The van der Waals surface area contributed by atoms with Gasteiger partial charge in [-0.1, -0.05) is 41.5 Å². The van der Waals surface area contributed by atoms with Crippen molar-refractivity contribution in [1.82, 2.24) is 0 Å². The van der Waals surface area contributed by atoms with E-state index in [2.05, 4.69) is 67.7 Å². The van der Waals surface area contributed by atoms with Gasteiger partial charge >= 0.3 is 0 Å². The first-order valence-electron chi connectivity index (χ1n) is 12.7. The third kappa shape index (κ3) is 8.00. The predicted octanol–water partition coefficient (Wildman–Crippen LogP) is 4.23. The normalized spacial score (nSPS) is 27.9. The quantitative estimate of drug-likeness (QED) is 0.416. The zero-order chi connectivity index (χ0) is 27.7. The Morgan fingerprint density at radius 3 is 1.33 bits per heavy atom. The summed E-state index contributed by atoms with van der Waals surface area (Å²) >= 11 is 0. The summed E-state index contributed by atoms with van der Waals surface area (Å²) in [6.07, 6.45) is 0.243. The van der Waals surface area contributed by atoms with E-state index in [9.17, 15) is 19.8 Å². The number of carbonyl (C=O) groups is 2. The fourth-order valence-electron chi connectivity index (χ4n) is 3.56. The third-order valence-corrected chi connectivity index (χ3v) is 16.9. The molecule has 0 aromatic rings. The van der Waals surface area contributed by atoms with Gasteiger partial charge in [-0.05, 0) is 60.6 Å². The summed E-state index contributed by atoms with van der Waals surface area (Å²) in [4.78, 5) is 25.3. The number of rotatable bonds is 9. The topological polar surface area (TPSA) is 112 Å². The third-order valence-electron chi connectivity index (χ3n) is 7.90. The van der Waals surface area contributed by atoms with Crippen molar-refractivity contribution in [1.29, 1.82) is 0 Å². The molecule has 2 aliphatic rings. The lowest BCUT2D eigenvalue weighted by molar-refractivity contribution is -0.160. The molecule has 10 heteroatoms. The fraction of sp³-hybridized carbons (Fsp3) is 0.769. The highest BCUT2D eigenvalue weighted by molar-refractivity contribution is 6.74. The molecule has 0 bridgehead atoms. The molecule has 0 saturated carbocycles. The Hall–Kier alpha value is -0.986. The van der Waals surface area contributed by atoms with Gasteiger partial charge in [0.15, 0.2) is 40.8 Å². The molecule has 2 N–H and O–H groups in total. The fourth-order valence-corrected chi connectivity index (χ4v) is 6.27. The Morgan fingerprint density at radius 2 is 1.06 bits per heavy atom. The van der Waals surface area contributed by atoms with E-state index in [4.69, 9.17) is 18.3 Å². The monoisotopic (exact) mass is 542 g/mol. The molecule has 8 nitrogen and oxygen atoms in total. The van der Waals surface area contributed by atoms with Crippen LogP contribution in [0.4, 0.5) is 0 Å². The minimum Gasteiger partial charge on any atom is -0.411 e. The van der Waals surface area contributed by atoms with Crippen molar-refractivity contribution in [2.24, 2.45) is 0 Å². The standard InChI is InChI=1S/C26H46O8Si2/c1-25(2,3)35(7,8)33-21(15-19-17(27)11-13-23(29)31-19)22(34-36(9,10)26(4,5)6)16-20-18(28)12-14-24(30)32-20/h11-14,19-24,29-30H,15-16H2,1-10H3/t19-,20-,21+,22+,23?,24?/m0/s1. The second kappa shape index (κ2) is 11.4. The molecular weight excluding hydrogens is 496 g/mol. The summed E-state index contributed by atoms with van der Waals surface area (Å²) < 4.78 is 24.9. The van der Waals surface area contributed by atoms with Crippen LogP contribution in [0.25, 0.3) is 0 Å². The smallest absolute Gasteiger partial charge is 0.192 e. The van der Waals surface area contributed by atoms with Gasteiger partial charge in [-0.15, -0.1) is 0 Å². The van der Waals surface area contributed by atoms with Crippen molar-refractivity contribution < 1.29 is 38.1 Å². The summed E-state index contributed by atoms with van der Waals surface area (Å²) in [6.45, 7) is 21.3. The summed E-state index contributed by atoms with van der Waals surface area (Å²) in [6, 6.07) is 0. The van der Waals surface area contributed by atoms with Gasteiger partial charge in [0.05, 0.1) is 12.2 Å². The van der Waals surface area contributed by atoms with Crippen LogP contribution in [0, 0.1) is 0 Å². The number of ketones is 2. The van der Waals surface area contributed by atoms with Crippen LogP contribution in [0.2, 0.25) is 36.3 Å². The van der Waals surface area contributed by atoms with Gasteiger partial charge in [-0.3, -0.25) is 9.59 Å². The number of ether oxygens (including phenoxy) is 2. The largest absolute Gasteiger partial charge is 0.411 e. The van der Waals surface area contributed by atoms with Gasteiger partial charge in [-0.2, -0.15) is 0 Å². The minimum absolute atomic E-state index is 0.125. The van der Waals surface area contributed by atoms with E-state index in [0.717, 1.165) is 0 Å². The van der Waals surface area contributed by atoms with E-state index in [-0.39, 0.29) is 34.5 Å². The van der Waals surface area contributed by atoms with Crippen molar-refractivity contribution in [2.75, 3.05) is 0 Å². The van der Waals surface area contributed by atoms with E-state index in [1.165, 1.54) is 24.3 Å². The Morgan fingerprint density at radius 1 is 0.750 bits per heavy atom. The summed E-state index contributed by atoms with van der Waals surface area (Å²) in [5, 5.41) is 19.8. The summed E-state index contributed by atoms with van der Waals surface area (Å²) in [7, 11) is -4.75. The van der Waals surface area contributed by atoms with Crippen LogP contribution in [0.3, 0.4) is 0 Å². The maximum absolute atomic E-state index is 12.7. The van der Waals surface area contributed by atoms with E-state index < -0.39 is 53.6 Å². The highest BCUT2D eigenvalue weighted by Crippen LogP contribution is 2.42. The lowest BCUT2D eigenvalue weighted by atomic mass is 9.96. The number of hydrogen-bond donors (Lipinski definition) is 2. The van der Waals surface area contributed by atoms with Gasteiger partial charge < -0.3 is 28.5 Å². The summed E-state index contributed by atoms with van der Waals surface area (Å²) in [5.74, 6) is -0.503. The molecule has 0 aromatic heterocycles. The molecule has 0 aromatic carbocycles. The minimum atomic E-state index is -2.37. The molecule has 0 spiro atoms. The second-order valence-electron chi connectivity index (χ2n) is 12.9. The van der Waals surface area contributed by atoms with Crippen molar-refractivity contribution in [3.63, 3.8) is 0 Å². The van der Waals surface area contributed by atoms with E-state index >= 15 is 0 Å². The molecular formula is C26H46O8Si2. The van der Waals surface area contributed by atoms with Crippen LogP contribution < -0.4 is 0 Å². The average Bonchev–Trinajstić information content (AvgIpc) is 2.70. The zero-order valence-corrected chi connectivity index (χ0v) is 25.5. The maximum Gasteiger partial charge on any atom is 0.192 e. The highest BCUT2D eigenvalue weighted by atomic mass is 28.4. The number of aliphatic hydroxyl groups is 2. The second-order valence-corrected chi connectivity index (χ2v) is 22.4. The molecule has 6 atom stereocenters. The average molecular weight is 543 g/mol. The molecule has 0 aliphatic carbocycles. The lowest BCUT2D eigenvalue weighted by Gasteiger charge is -2.46. The maximum atomic E-state index is 12.7. The van der Waals surface area contributed by atoms with Crippen molar-refractivity contribution in [3.05, 3.63) is 24.3 Å². The molecule has 0 amide bonds. The van der Waals surface area contributed by atoms with Crippen LogP contribution in [0.15, 0.2) is 24.3 Å². The number of hydrogen-bond acceptors (Lipinski definition) is 8. The summed E-state index contributed by atoms with van der Waals surface area (Å²) in [5.41, 5.74) is 0. The van der Waals surface area contributed by atoms with E-state index in [1.54, 1.807) is 0 Å². The van der Waals surface area contributed by atoms with Crippen molar-refractivity contribution in [3.8, 4) is 0 Å². The van der Waals surface area contributed by atoms with Crippen LogP contribution in [0.1, 0.15) is 54.4 Å². The number of aliphatic hydroxyl groups excluding tert-OH is 2. The van der Waals surface area contributed by atoms with Gasteiger partial charge in [0, 0.05) is 12.8 Å². The van der Waals surface area contributed by atoms with E-state index in [0.29, 0.717) is 0 Å². The number of carbonyl (C=O) groups excluding carboxylic acids is 2. The first kappa shape index (κ1) is 31.2. The predicted molar refractivity (Wildman–Crippen MR) is 143 cm³/mol. The van der Waals surface area contributed by atoms with Gasteiger partial charge in [0.25, 0.3) is 0 Å². The van der Waals surface area contributed by atoms with Crippen LogP contribution in [-0.4, -0.2) is 75.4 Å². The Bertz CT molecular complexity index is 783. The molecule has 2 rings (SSSR count). The molecule has 36 heavy (non-hydrogen) atoms. The lowest BCUT2D eigenvalue weighted by Crippen LogP contribution is -2.54. The van der Waals surface area contributed by atoms with Gasteiger partial charge in [-0.25, -0.2) is 0 Å². The van der Waals surface area contributed by atoms with Crippen molar-refractivity contribution >= 4 is 28.2 Å².